The molecule has 88 valence electrons. The third-order valence-corrected chi connectivity index (χ3v) is 2.97. The summed E-state index contributed by atoms with van der Waals surface area (Å²) in [6, 6.07) is 6.60. The second kappa shape index (κ2) is 5.97. The van der Waals surface area contributed by atoms with Crippen molar-refractivity contribution in [3.05, 3.63) is 34.9 Å². The quantitative estimate of drug-likeness (QED) is 0.796. The highest BCUT2D eigenvalue weighted by Crippen LogP contribution is 2.11. The third-order valence-electron chi connectivity index (χ3n) is 2.76. The molecule has 2 N–H and O–H groups in total. The van der Waals surface area contributed by atoms with Crippen LogP contribution in [-0.4, -0.2) is 23.5 Å². The van der Waals surface area contributed by atoms with E-state index in [1.165, 1.54) is 16.7 Å². The van der Waals surface area contributed by atoms with Crippen molar-refractivity contribution in [2.45, 2.75) is 26.8 Å². The van der Waals surface area contributed by atoms with Gasteiger partial charge in [0.1, 0.15) is 0 Å². The molecule has 0 radical (unpaired) electrons. The van der Waals surface area contributed by atoms with Crippen molar-refractivity contribution in [3.63, 3.8) is 0 Å². The molecule has 0 aromatic heterocycles. The van der Waals surface area contributed by atoms with Gasteiger partial charge in [0.25, 0.3) is 0 Å². The number of rotatable bonds is 5. The maximum absolute atomic E-state index is 5.48. The lowest BCUT2D eigenvalue weighted by Crippen LogP contribution is -2.23. The van der Waals surface area contributed by atoms with Gasteiger partial charge in [-0.2, -0.15) is 0 Å². The molecule has 0 unspecified atom stereocenters. The van der Waals surface area contributed by atoms with Crippen LogP contribution in [-0.2, 0) is 6.54 Å². The Morgan fingerprint density at radius 1 is 1.31 bits per heavy atom. The van der Waals surface area contributed by atoms with Crippen LogP contribution in [0.15, 0.2) is 18.2 Å². The summed E-state index contributed by atoms with van der Waals surface area (Å²) in [5.41, 5.74) is 9.51. The molecule has 1 aromatic rings. The zero-order valence-corrected chi connectivity index (χ0v) is 11.1. The van der Waals surface area contributed by atoms with Gasteiger partial charge in [-0.1, -0.05) is 30.4 Å². The maximum atomic E-state index is 5.48. The lowest BCUT2D eigenvalue weighted by molar-refractivity contribution is 0.337. The van der Waals surface area contributed by atoms with Gasteiger partial charge < -0.3 is 10.6 Å². The van der Waals surface area contributed by atoms with Crippen LogP contribution in [0.3, 0.4) is 0 Å². The lowest BCUT2D eigenvalue weighted by Gasteiger charge is -2.16. The molecular weight excluding hydrogens is 216 g/mol. The average molecular weight is 236 g/mol. The van der Waals surface area contributed by atoms with Crippen molar-refractivity contribution < 1.29 is 0 Å². The smallest absolute Gasteiger partial charge is 0.0740 e. The van der Waals surface area contributed by atoms with Gasteiger partial charge in [0.05, 0.1) is 4.99 Å². The number of nitrogens with two attached hydrogens (primary N) is 1. The Bertz CT molecular complexity index is 374. The summed E-state index contributed by atoms with van der Waals surface area (Å²) in [4.78, 5) is 2.83. The fraction of sp³-hybridized carbons (Fsp3) is 0.462. The predicted molar refractivity (Wildman–Crippen MR) is 73.7 cm³/mol. The van der Waals surface area contributed by atoms with Crippen LogP contribution >= 0.6 is 12.2 Å². The molecule has 0 fully saturated rings. The molecule has 0 saturated heterocycles. The number of thiocarbonyl (C=S) groups is 1. The van der Waals surface area contributed by atoms with Crippen LogP contribution in [0.2, 0.25) is 0 Å². The van der Waals surface area contributed by atoms with Crippen molar-refractivity contribution in [2.75, 3.05) is 13.6 Å². The van der Waals surface area contributed by atoms with Gasteiger partial charge in [-0.05, 0) is 37.6 Å². The summed E-state index contributed by atoms with van der Waals surface area (Å²) < 4.78 is 0. The second-order valence-corrected chi connectivity index (χ2v) is 4.90. The van der Waals surface area contributed by atoms with E-state index in [0.29, 0.717) is 4.99 Å². The molecule has 1 rings (SSSR count). The zero-order valence-electron chi connectivity index (χ0n) is 10.3. The lowest BCUT2D eigenvalue weighted by atomic mass is 10.1. The first-order valence-corrected chi connectivity index (χ1v) is 5.93. The van der Waals surface area contributed by atoms with E-state index < -0.39 is 0 Å². The predicted octanol–water partition coefficient (Wildman–Crippen LogP) is 2.41. The summed E-state index contributed by atoms with van der Waals surface area (Å²) in [5, 5.41) is 0. The second-order valence-electron chi connectivity index (χ2n) is 4.37. The Morgan fingerprint density at radius 2 is 2.00 bits per heavy atom. The highest BCUT2D eigenvalue weighted by molar-refractivity contribution is 7.80. The van der Waals surface area contributed by atoms with Crippen LogP contribution < -0.4 is 5.73 Å². The Morgan fingerprint density at radius 3 is 2.56 bits per heavy atom. The van der Waals surface area contributed by atoms with Crippen molar-refractivity contribution in [1.29, 1.82) is 0 Å². The van der Waals surface area contributed by atoms with E-state index >= 15 is 0 Å². The highest BCUT2D eigenvalue weighted by atomic mass is 32.1. The first-order valence-electron chi connectivity index (χ1n) is 5.52. The first kappa shape index (κ1) is 13.1. The molecule has 0 aliphatic carbocycles. The molecule has 0 atom stereocenters. The molecule has 0 spiro atoms. The summed E-state index contributed by atoms with van der Waals surface area (Å²) >= 11 is 4.87. The van der Waals surface area contributed by atoms with Crippen LogP contribution in [0.5, 0.6) is 0 Å². The van der Waals surface area contributed by atoms with E-state index in [4.69, 9.17) is 18.0 Å². The monoisotopic (exact) mass is 236 g/mol. The highest BCUT2D eigenvalue weighted by Gasteiger charge is 2.02. The largest absolute Gasteiger partial charge is 0.393 e. The summed E-state index contributed by atoms with van der Waals surface area (Å²) in [6.07, 6.45) is 0.788. The fourth-order valence-electron chi connectivity index (χ4n) is 1.59. The van der Waals surface area contributed by atoms with Crippen LogP contribution in [0.1, 0.15) is 23.1 Å². The summed E-state index contributed by atoms with van der Waals surface area (Å²) in [5.74, 6) is 0. The number of benzene rings is 1. The van der Waals surface area contributed by atoms with E-state index in [-0.39, 0.29) is 0 Å². The fourth-order valence-corrected chi connectivity index (χ4v) is 1.68. The molecule has 2 nitrogen and oxygen atoms in total. The first-order chi connectivity index (χ1) is 7.49. The number of hydrogen-bond acceptors (Lipinski definition) is 2. The van der Waals surface area contributed by atoms with Crippen LogP contribution in [0.25, 0.3) is 0 Å². The molecule has 0 amide bonds. The van der Waals surface area contributed by atoms with Gasteiger partial charge >= 0.3 is 0 Å². The number of aryl methyl sites for hydroxylation is 2. The van der Waals surface area contributed by atoms with Crippen molar-refractivity contribution in [1.82, 2.24) is 4.90 Å². The molecule has 0 bridgehead atoms. The van der Waals surface area contributed by atoms with E-state index in [1.54, 1.807) is 0 Å². The van der Waals surface area contributed by atoms with Gasteiger partial charge in [0.15, 0.2) is 0 Å². The molecule has 3 heteroatoms. The van der Waals surface area contributed by atoms with Gasteiger partial charge in [-0.3, -0.25) is 0 Å². The van der Waals surface area contributed by atoms with Gasteiger partial charge in [0, 0.05) is 19.5 Å². The molecule has 0 aliphatic heterocycles. The van der Waals surface area contributed by atoms with Crippen molar-refractivity contribution >= 4 is 17.2 Å². The van der Waals surface area contributed by atoms with Crippen molar-refractivity contribution in [3.8, 4) is 0 Å². The standard InChI is InChI=1S/C13H20N2S/c1-10-4-5-12(8-11(10)2)9-15(3)7-6-13(14)16/h4-5,8H,6-7,9H2,1-3H3,(H2,14,16). The van der Waals surface area contributed by atoms with E-state index in [2.05, 4.69) is 44.0 Å². The summed E-state index contributed by atoms with van der Waals surface area (Å²) in [7, 11) is 2.09. The van der Waals surface area contributed by atoms with Gasteiger partial charge in [-0.15, -0.1) is 0 Å². The minimum Gasteiger partial charge on any atom is -0.393 e. The molecule has 1 aromatic carbocycles. The maximum Gasteiger partial charge on any atom is 0.0740 e. The molecular formula is C13H20N2S. The molecule has 0 saturated carbocycles. The Hall–Kier alpha value is -0.930. The topological polar surface area (TPSA) is 29.3 Å². The minimum atomic E-state index is 0.590. The van der Waals surface area contributed by atoms with Crippen LogP contribution in [0, 0.1) is 13.8 Å². The zero-order chi connectivity index (χ0) is 12.1. The molecule has 16 heavy (non-hydrogen) atoms. The Balaban J connectivity index is 2.52. The van der Waals surface area contributed by atoms with E-state index in [9.17, 15) is 0 Å². The third kappa shape index (κ3) is 4.29. The van der Waals surface area contributed by atoms with Gasteiger partial charge in [0.2, 0.25) is 0 Å². The molecule has 0 heterocycles. The minimum absolute atomic E-state index is 0.590. The Labute approximate surface area is 103 Å². The summed E-state index contributed by atoms with van der Waals surface area (Å²) in [6.45, 7) is 6.15. The molecule has 0 aliphatic rings. The van der Waals surface area contributed by atoms with Crippen molar-refractivity contribution in [2.24, 2.45) is 5.73 Å². The van der Waals surface area contributed by atoms with Gasteiger partial charge in [-0.25, -0.2) is 0 Å². The Kier molecular flexibility index (Phi) is 4.90. The van der Waals surface area contributed by atoms with E-state index in [0.717, 1.165) is 19.5 Å². The number of nitrogens with zero attached hydrogens (tertiary/aromatic N) is 1. The average Bonchev–Trinajstić information content (AvgIpc) is 2.21. The SMILES string of the molecule is Cc1ccc(CN(C)CCC(N)=S)cc1C. The van der Waals surface area contributed by atoms with Crippen LogP contribution in [0.4, 0.5) is 0 Å². The normalized spacial score (nSPS) is 10.8. The number of hydrogen-bond donors (Lipinski definition) is 1. The van der Waals surface area contributed by atoms with E-state index in [1.807, 2.05) is 0 Å².